The number of carbonyl (C=O) groups excluding carboxylic acids is 2. The number of ether oxygens (including phenoxy) is 2. The third kappa shape index (κ3) is 4.95. The second kappa shape index (κ2) is 8.26. The van der Waals surface area contributed by atoms with Gasteiger partial charge in [-0.1, -0.05) is 0 Å². The summed E-state index contributed by atoms with van der Waals surface area (Å²) in [5.41, 5.74) is 0. The molecule has 0 aliphatic carbocycles. The monoisotopic (exact) mass is 306 g/mol. The normalized spacial score (nSPS) is 14.4. The number of nitrogens with zero attached hydrogens (tertiary/aromatic N) is 1. The maximum Gasteiger partial charge on any atom is 0.239 e. The molecule has 1 heterocycles. The van der Waals surface area contributed by atoms with E-state index in [-0.39, 0.29) is 18.4 Å². The summed E-state index contributed by atoms with van der Waals surface area (Å²) in [5, 5.41) is 2.70. The Bertz CT molecular complexity index is 501. The second-order valence-corrected chi connectivity index (χ2v) is 5.02. The van der Waals surface area contributed by atoms with Crippen molar-refractivity contribution in [2.24, 2.45) is 0 Å². The molecule has 0 bridgehead atoms. The minimum absolute atomic E-state index is 0.00476. The number of rotatable bonds is 7. The second-order valence-electron chi connectivity index (χ2n) is 5.02. The Kier molecular flexibility index (Phi) is 6.06. The van der Waals surface area contributed by atoms with Gasteiger partial charge in [-0.2, -0.15) is 0 Å². The van der Waals surface area contributed by atoms with E-state index in [0.717, 1.165) is 11.5 Å². The molecule has 2 amide bonds. The van der Waals surface area contributed by atoms with E-state index in [1.54, 1.807) is 4.90 Å². The number of amides is 2. The van der Waals surface area contributed by atoms with Crippen molar-refractivity contribution in [2.45, 2.75) is 19.8 Å². The third-order valence-electron chi connectivity index (χ3n) is 3.33. The highest BCUT2D eigenvalue weighted by atomic mass is 16.5. The van der Waals surface area contributed by atoms with Crippen molar-refractivity contribution in [3.63, 3.8) is 0 Å². The van der Waals surface area contributed by atoms with Crippen LogP contribution < -0.4 is 14.8 Å². The van der Waals surface area contributed by atoms with Gasteiger partial charge in [0.1, 0.15) is 11.5 Å². The summed E-state index contributed by atoms with van der Waals surface area (Å²) in [7, 11) is 0. The van der Waals surface area contributed by atoms with Gasteiger partial charge in [0.15, 0.2) is 0 Å². The fraction of sp³-hybridized carbons (Fsp3) is 0.500. The summed E-state index contributed by atoms with van der Waals surface area (Å²) in [5.74, 6) is 1.48. The van der Waals surface area contributed by atoms with E-state index in [9.17, 15) is 9.59 Å². The number of benzene rings is 1. The van der Waals surface area contributed by atoms with Crippen LogP contribution in [0.4, 0.5) is 0 Å². The van der Waals surface area contributed by atoms with Crippen molar-refractivity contribution in [3.05, 3.63) is 24.3 Å². The number of piperazine rings is 1. The maximum absolute atomic E-state index is 11.9. The quantitative estimate of drug-likeness (QED) is 0.769. The lowest BCUT2D eigenvalue weighted by molar-refractivity contribution is -0.138. The topological polar surface area (TPSA) is 67.9 Å². The number of nitrogens with one attached hydrogen (secondary N) is 1. The third-order valence-corrected chi connectivity index (χ3v) is 3.33. The molecule has 1 aliphatic rings. The lowest BCUT2D eigenvalue weighted by Gasteiger charge is -2.26. The van der Waals surface area contributed by atoms with Gasteiger partial charge >= 0.3 is 0 Å². The molecule has 1 aromatic carbocycles. The molecule has 1 fully saturated rings. The molecule has 2 rings (SSSR count). The van der Waals surface area contributed by atoms with E-state index >= 15 is 0 Å². The predicted molar refractivity (Wildman–Crippen MR) is 81.9 cm³/mol. The van der Waals surface area contributed by atoms with Crippen molar-refractivity contribution >= 4 is 11.8 Å². The standard InChI is InChI=1S/C16H22N2O4/c1-2-21-13-5-7-14(8-6-13)22-11-3-4-16(20)18-10-9-17-15(19)12-18/h5-8H,2-4,9-12H2,1H3,(H,17,19). The molecule has 6 heteroatoms. The lowest BCUT2D eigenvalue weighted by atomic mass is 10.2. The molecule has 0 unspecified atom stereocenters. The lowest BCUT2D eigenvalue weighted by Crippen LogP contribution is -2.49. The summed E-state index contributed by atoms with van der Waals surface area (Å²) in [6.07, 6.45) is 1.02. The molecule has 0 radical (unpaired) electrons. The summed E-state index contributed by atoms with van der Waals surface area (Å²) >= 11 is 0. The fourth-order valence-corrected chi connectivity index (χ4v) is 2.22. The van der Waals surface area contributed by atoms with Crippen LogP contribution in [0.15, 0.2) is 24.3 Å². The van der Waals surface area contributed by atoms with E-state index in [1.807, 2.05) is 31.2 Å². The van der Waals surface area contributed by atoms with Gasteiger partial charge in [0.2, 0.25) is 11.8 Å². The van der Waals surface area contributed by atoms with Crippen LogP contribution in [-0.2, 0) is 9.59 Å². The molecule has 1 N–H and O–H groups in total. The fourth-order valence-electron chi connectivity index (χ4n) is 2.22. The number of hydrogen-bond donors (Lipinski definition) is 1. The van der Waals surface area contributed by atoms with Crippen LogP contribution in [0.2, 0.25) is 0 Å². The zero-order valence-electron chi connectivity index (χ0n) is 12.8. The Morgan fingerprint density at radius 3 is 2.55 bits per heavy atom. The molecule has 1 aliphatic heterocycles. The Labute approximate surface area is 130 Å². The molecule has 6 nitrogen and oxygen atoms in total. The molecule has 0 saturated carbocycles. The molecule has 22 heavy (non-hydrogen) atoms. The van der Waals surface area contributed by atoms with Crippen LogP contribution in [0.5, 0.6) is 11.5 Å². The van der Waals surface area contributed by atoms with Crippen LogP contribution in [-0.4, -0.2) is 49.6 Å². The summed E-state index contributed by atoms with van der Waals surface area (Å²) in [6.45, 7) is 4.33. The zero-order valence-corrected chi connectivity index (χ0v) is 12.8. The van der Waals surface area contributed by atoms with Crippen LogP contribution in [0, 0.1) is 0 Å². The highest BCUT2D eigenvalue weighted by Gasteiger charge is 2.20. The largest absolute Gasteiger partial charge is 0.494 e. The van der Waals surface area contributed by atoms with E-state index in [2.05, 4.69) is 5.32 Å². The van der Waals surface area contributed by atoms with Crippen LogP contribution in [0.3, 0.4) is 0 Å². The first kappa shape index (κ1) is 16.1. The molecule has 0 aromatic heterocycles. The van der Waals surface area contributed by atoms with Gasteiger partial charge in [0, 0.05) is 19.5 Å². The zero-order chi connectivity index (χ0) is 15.8. The van der Waals surface area contributed by atoms with Crippen LogP contribution in [0.25, 0.3) is 0 Å². The predicted octanol–water partition coefficient (Wildman–Crippen LogP) is 1.20. The molecule has 0 atom stereocenters. The van der Waals surface area contributed by atoms with Crippen molar-refractivity contribution in [2.75, 3.05) is 32.8 Å². The van der Waals surface area contributed by atoms with Gasteiger partial charge in [0.25, 0.3) is 0 Å². The van der Waals surface area contributed by atoms with Gasteiger partial charge in [0.05, 0.1) is 19.8 Å². The summed E-state index contributed by atoms with van der Waals surface area (Å²) in [4.78, 5) is 24.8. The first-order valence-electron chi connectivity index (χ1n) is 7.59. The van der Waals surface area contributed by atoms with Crippen LogP contribution in [0.1, 0.15) is 19.8 Å². The van der Waals surface area contributed by atoms with E-state index in [1.165, 1.54) is 0 Å². The Morgan fingerprint density at radius 1 is 1.23 bits per heavy atom. The van der Waals surface area contributed by atoms with Gasteiger partial charge in [-0.3, -0.25) is 9.59 Å². The first-order valence-corrected chi connectivity index (χ1v) is 7.59. The van der Waals surface area contributed by atoms with Gasteiger partial charge < -0.3 is 19.7 Å². The highest BCUT2D eigenvalue weighted by molar-refractivity contribution is 5.85. The molecule has 1 saturated heterocycles. The smallest absolute Gasteiger partial charge is 0.239 e. The number of carbonyl (C=O) groups is 2. The average molecular weight is 306 g/mol. The summed E-state index contributed by atoms with van der Waals surface area (Å²) < 4.78 is 10.9. The first-order chi connectivity index (χ1) is 10.7. The Balaban J connectivity index is 1.66. The summed E-state index contributed by atoms with van der Waals surface area (Å²) in [6, 6.07) is 7.41. The molecular formula is C16H22N2O4. The Hall–Kier alpha value is -2.24. The van der Waals surface area contributed by atoms with E-state index in [0.29, 0.717) is 39.1 Å². The van der Waals surface area contributed by atoms with Gasteiger partial charge in [-0.25, -0.2) is 0 Å². The highest BCUT2D eigenvalue weighted by Crippen LogP contribution is 2.17. The molecular weight excluding hydrogens is 284 g/mol. The minimum Gasteiger partial charge on any atom is -0.494 e. The molecule has 1 aromatic rings. The SMILES string of the molecule is CCOc1ccc(OCCCC(=O)N2CCNC(=O)C2)cc1. The number of hydrogen-bond acceptors (Lipinski definition) is 4. The minimum atomic E-state index is -0.0924. The van der Waals surface area contributed by atoms with Gasteiger partial charge in [-0.15, -0.1) is 0 Å². The maximum atomic E-state index is 11.9. The van der Waals surface area contributed by atoms with E-state index < -0.39 is 0 Å². The van der Waals surface area contributed by atoms with Crippen LogP contribution >= 0.6 is 0 Å². The van der Waals surface area contributed by atoms with Gasteiger partial charge in [-0.05, 0) is 37.6 Å². The van der Waals surface area contributed by atoms with Crippen molar-refractivity contribution in [1.29, 1.82) is 0 Å². The molecule has 120 valence electrons. The average Bonchev–Trinajstić information content (AvgIpc) is 2.53. The molecule has 0 spiro atoms. The van der Waals surface area contributed by atoms with Crippen molar-refractivity contribution < 1.29 is 19.1 Å². The van der Waals surface area contributed by atoms with E-state index in [4.69, 9.17) is 9.47 Å². The van der Waals surface area contributed by atoms with Crippen molar-refractivity contribution in [1.82, 2.24) is 10.2 Å². The Morgan fingerprint density at radius 2 is 1.91 bits per heavy atom. The van der Waals surface area contributed by atoms with Crippen molar-refractivity contribution in [3.8, 4) is 11.5 Å².